The lowest BCUT2D eigenvalue weighted by Crippen LogP contribution is -2.45. The lowest BCUT2D eigenvalue weighted by Gasteiger charge is -2.38. The molecule has 148 valence electrons. The van der Waals surface area contributed by atoms with E-state index < -0.39 is 0 Å². The van der Waals surface area contributed by atoms with Crippen LogP contribution in [0, 0.1) is 11.8 Å². The molecule has 2 atom stereocenters. The highest BCUT2D eigenvalue weighted by Crippen LogP contribution is 2.29. The molecule has 3 rings (SSSR count). The number of carbonyl (C=O) groups is 2. The summed E-state index contributed by atoms with van der Waals surface area (Å²) in [6.45, 7) is 7.72. The first-order valence-corrected chi connectivity index (χ1v) is 10.5. The van der Waals surface area contributed by atoms with Crippen LogP contribution in [0.2, 0.25) is 0 Å². The number of benzene rings is 1. The molecule has 0 bridgehead atoms. The largest absolute Gasteiger partial charge is 0.355 e. The van der Waals surface area contributed by atoms with Gasteiger partial charge in [-0.1, -0.05) is 31.5 Å². The van der Waals surface area contributed by atoms with E-state index >= 15 is 0 Å². The molecule has 2 amide bonds. The van der Waals surface area contributed by atoms with Crippen LogP contribution in [0.15, 0.2) is 30.3 Å². The zero-order valence-corrected chi connectivity index (χ0v) is 16.5. The van der Waals surface area contributed by atoms with Crippen molar-refractivity contribution in [3.05, 3.63) is 35.9 Å². The minimum absolute atomic E-state index is 0.113. The van der Waals surface area contributed by atoms with E-state index in [2.05, 4.69) is 17.1 Å². The van der Waals surface area contributed by atoms with Crippen LogP contribution in [-0.4, -0.2) is 60.9 Å². The van der Waals surface area contributed by atoms with Gasteiger partial charge in [0, 0.05) is 38.2 Å². The summed E-state index contributed by atoms with van der Waals surface area (Å²) < 4.78 is 0. The fraction of sp³-hybridized carbons (Fsp3) is 0.636. The minimum Gasteiger partial charge on any atom is -0.355 e. The van der Waals surface area contributed by atoms with E-state index in [4.69, 9.17) is 0 Å². The Kier molecular flexibility index (Phi) is 7.27. The highest BCUT2D eigenvalue weighted by molar-refractivity contribution is 5.94. The maximum absolute atomic E-state index is 12.7. The van der Waals surface area contributed by atoms with Crippen molar-refractivity contribution in [2.45, 2.75) is 39.0 Å². The van der Waals surface area contributed by atoms with Gasteiger partial charge in [-0.3, -0.25) is 9.59 Å². The van der Waals surface area contributed by atoms with Crippen LogP contribution in [0.5, 0.6) is 0 Å². The number of hydrogen-bond acceptors (Lipinski definition) is 3. The Balaban J connectivity index is 1.45. The smallest absolute Gasteiger partial charge is 0.253 e. The molecule has 0 spiro atoms. The van der Waals surface area contributed by atoms with Gasteiger partial charge < -0.3 is 15.1 Å². The van der Waals surface area contributed by atoms with Crippen molar-refractivity contribution in [1.82, 2.24) is 15.1 Å². The molecule has 2 unspecified atom stereocenters. The first kappa shape index (κ1) is 19.9. The second-order valence-electron chi connectivity index (χ2n) is 7.94. The molecular weight excluding hydrogens is 338 g/mol. The molecule has 0 radical (unpaired) electrons. The molecule has 1 N–H and O–H groups in total. The zero-order chi connectivity index (χ0) is 19.1. The van der Waals surface area contributed by atoms with Gasteiger partial charge in [0.1, 0.15) is 0 Å². The maximum Gasteiger partial charge on any atom is 0.253 e. The average molecular weight is 372 g/mol. The Labute approximate surface area is 163 Å². The topological polar surface area (TPSA) is 52.7 Å². The summed E-state index contributed by atoms with van der Waals surface area (Å²) in [7, 11) is 0. The van der Waals surface area contributed by atoms with E-state index in [9.17, 15) is 9.59 Å². The van der Waals surface area contributed by atoms with Crippen molar-refractivity contribution in [1.29, 1.82) is 0 Å². The van der Waals surface area contributed by atoms with Crippen LogP contribution in [0.1, 0.15) is 49.4 Å². The minimum atomic E-state index is 0.113. The first-order chi connectivity index (χ1) is 13.2. The summed E-state index contributed by atoms with van der Waals surface area (Å²) in [5.41, 5.74) is 0.755. The molecule has 2 fully saturated rings. The second kappa shape index (κ2) is 9.88. The third-order valence-electron chi connectivity index (χ3n) is 6.12. The normalized spacial score (nSPS) is 23.4. The SMILES string of the molecule is CCC1CN(C(=O)c2ccccc2)CCC1CC(=O)NCCN1CCCC1. The fourth-order valence-electron chi connectivity index (χ4n) is 4.43. The molecule has 2 saturated heterocycles. The second-order valence-corrected chi connectivity index (χ2v) is 7.94. The van der Waals surface area contributed by atoms with Crippen molar-refractivity contribution in [2.75, 3.05) is 39.3 Å². The predicted octanol–water partition coefficient (Wildman–Crippen LogP) is 2.78. The standard InChI is InChI=1S/C22H33N3O2/c1-2-18-17-25(22(27)19-8-4-3-5-9-19)14-10-20(18)16-21(26)23-11-15-24-12-6-7-13-24/h3-5,8-9,18,20H,2,6-7,10-17H2,1H3,(H,23,26). The lowest BCUT2D eigenvalue weighted by molar-refractivity contribution is -0.122. The molecule has 0 aliphatic carbocycles. The van der Waals surface area contributed by atoms with Gasteiger partial charge in [-0.25, -0.2) is 0 Å². The molecule has 1 aromatic carbocycles. The number of piperidine rings is 1. The Hall–Kier alpha value is -1.88. The van der Waals surface area contributed by atoms with Crippen LogP contribution >= 0.6 is 0 Å². The molecule has 5 nitrogen and oxygen atoms in total. The van der Waals surface area contributed by atoms with Crippen LogP contribution in [-0.2, 0) is 4.79 Å². The highest BCUT2D eigenvalue weighted by atomic mass is 16.2. The quantitative estimate of drug-likeness (QED) is 0.802. The van der Waals surface area contributed by atoms with Gasteiger partial charge in [-0.15, -0.1) is 0 Å². The lowest BCUT2D eigenvalue weighted by atomic mass is 9.81. The molecule has 2 heterocycles. The van der Waals surface area contributed by atoms with Crippen molar-refractivity contribution >= 4 is 11.8 Å². The Morgan fingerprint density at radius 2 is 1.81 bits per heavy atom. The van der Waals surface area contributed by atoms with Gasteiger partial charge in [-0.2, -0.15) is 0 Å². The highest BCUT2D eigenvalue weighted by Gasteiger charge is 2.32. The molecule has 27 heavy (non-hydrogen) atoms. The molecule has 2 aliphatic heterocycles. The van der Waals surface area contributed by atoms with E-state index in [0.717, 1.165) is 44.6 Å². The molecule has 1 aromatic rings. The van der Waals surface area contributed by atoms with E-state index in [-0.39, 0.29) is 11.8 Å². The Morgan fingerprint density at radius 3 is 2.52 bits per heavy atom. The summed E-state index contributed by atoms with van der Waals surface area (Å²) in [5.74, 6) is 1.06. The van der Waals surface area contributed by atoms with Gasteiger partial charge in [-0.05, 0) is 56.3 Å². The van der Waals surface area contributed by atoms with Gasteiger partial charge in [0.2, 0.25) is 5.91 Å². The number of rotatable bonds is 7. The monoisotopic (exact) mass is 371 g/mol. The van der Waals surface area contributed by atoms with Crippen LogP contribution in [0.25, 0.3) is 0 Å². The molecule has 0 aromatic heterocycles. The number of nitrogens with zero attached hydrogens (tertiary/aromatic N) is 2. The predicted molar refractivity (Wildman–Crippen MR) is 108 cm³/mol. The van der Waals surface area contributed by atoms with Gasteiger partial charge in [0.25, 0.3) is 5.91 Å². The Morgan fingerprint density at radius 1 is 1.07 bits per heavy atom. The average Bonchev–Trinajstić information content (AvgIpc) is 3.22. The maximum atomic E-state index is 12.7. The summed E-state index contributed by atoms with van der Waals surface area (Å²) in [6, 6.07) is 9.50. The van der Waals surface area contributed by atoms with Gasteiger partial charge in [0.15, 0.2) is 0 Å². The summed E-state index contributed by atoms with van der Waals surface area (Å²) in [6.07, 6.45) is 5.07. The van der Waals surface area contributed by atoms with E-state index in [0.29, 0.717) is 18.3 Å². The van der Waals surface area contributed by atoms with Crippen LogP contribution in [0.4, 0.5) is 0 Å². The van der Waals surface area contributed by atoms with E-state index in [1.807, 2.05) is 35.2 Å². The number of carbonyl (C=O) groups excluding carboxylic acids is 2. The summed E-state index contributed by atoms with van der Waals surface area (Å²) in [5, 5.41) is 3.10. The number of likely N-dealkylation sites (tertiary alicyclic amines) is 2. The Bertz CT molecular complexity index is 613. The van der Waals surface area contributed by atoms with Gasteiger partial charge >= 0.3 is 0 Å². The van der Waals surface area contributed by atoms with Crippen LogP contribution in [0.3, 0.4) is 0 Å². The van der Waals surface area contributed by atoms with Crippen molar-refractivity contribution < 1.29 is 9.59 Å². The third-order valence-corrected chi connectivity index (χ3v) is 6.12. The number of hydrogen-bond donors (Lipinski definition) is 1. The van der Waals surface area contributed by atoms with E-state index in [1.165, 1.54) is 25.9 Å². The van der Waals surface area contributed by atoms with Crippen molar-refractivity contribution in [3.63, 3.8) is 0 Å². The number of nitrogens with one attached hydrogen (secondary N) is 1. The molecule has 0 saturated carbocycles. The third kappa shape index (κ3) is 5.55. The zero-order valence-electron chi connectivity index (χ0n) is 16.5. The van der Waals surface area contributed by atoms with E-state index in [1.54, 1.807) is 0 Å². The number of amides is 2. The van der Waals surface area contributed by atoms with Crippen molar-refractivity contribution in [2.24, 2.45) is 11.8 Å². The summed E-state index contributed by atoms with van der Waals surface area (Å²) in [4.78, 5) is 29.5. The van der Waals surface area contributed by atoms with Crippen LogP contribution < -0.4 is 5.32 Å². The van der Waals surface area contributed by atoms with Gasteiger partial charge in [0.05, 0.1) is 0 Å². The summed E-state index contributed by atoms with van der Waals surface area (Å²) >= 11 is 0. The molecule has 5 heteroatoms. The molecule has 2 aliphatic rings. The first-order valence-electron chi connectivity index (χ1n) is 10.5. The fourth-order valence-corrected chi connectivity index (χ4v) is 4.43. The molecular formula is C22H33N3O2. The van der Waals surface area contributed by atoms with Crippen molar-refractivity contribution in [3.8, 4) is 0 Å².